The molecule has 2 unspecified atom stereocenters. The van der Waals surface area contributed by atoms with Crippen molar-refractivity contribution in [3.05, 3.63) is 11.6 Å². The number of fused-ring (bicyclic) bond motifs is 5. The van der Waals surface area contributed by atoms with Crippen LogP contribution in [0, 0.1) is 35.0 Å². The maximum absolute atomic E-state index is 13.2. The summed E-state index contributed by atoms with van der Waals surface area (Å²) in [6.45, 7) is 1.87. The molecular weight excluding hydrogens is 338 g/mol. The van der Waals surface area contributed by atoms with Crippen LogP contribution in [0.2, 0.25) is 0 Å². The van der Waals surface area contributed by atoms with Gasteiger partial charge in [-0.2, -0.15) is 0 Å². The Morgan fingerprint density at radius 2 is 2.00 bits per heavy atom. The Morgan fingerprint density at radius 3 is 2.69 bits per heavy atom. The molecule has 26 heavy (non-hydrogen) atoms. The highest BCUT2D eigenvalue weighted by atomic mass is 19.3. The van der Waals surface area contributed by atoms with Gasteiger partial charge in [0.1, 0.15) is 12.2 Å². The number of allylic oxidation sites excluding steroid dienone is 1. The zero-order chi connectivity index (χ0) is 18.7. The van der Waals surface area contributed by atoms with Gasteiger partial charge in [0.05, 0.1) is 0 Å². The molecule has 5 heteroatoms. The minimum Gasteiger partial charge on any atom is -0.389 e. The second kappa shape index (κ2) is 6.37. The third kappa shape index (κ3) is 2.61. The van der Waals surface area contributed by atoms with Crippen LogP contribution in [-0.4, -0.2) is 34.6 Å². The number of hydrogen-bond donors (Lipinski definition) is 2. The molecule has 0 aliphatic heterocycles. The Hall–Kier alpha value is -0.810. The zero-order valence-electron chi connectivity index (χ0n) is 15.5. The number of halogens is 2. The first-order valence-corrected chi connectivity index (χ1v) is 10.1. The molecule has 4 aliphatic rings. The van der Waals surface area contributed by atoms with Crippen LogP contribution in [0.3, 0.4) is 0 Å². The van der Waals surface area contributed by atoms with Crippen molar-refractivity contribution in [2.24, 2.45) is 35.0 Å². The van der Waals surface area contributed by atoms with Gasteiger partial charge < -0.3 is 10.2 Å². The van der Waals surface area contributed by atoms with Crippen molar-refractivity contribution < 1.29 is 23.8 Å². The number of carbonyl (C=O) groups is 1. The molecule has 4 rings (SSSR count). The smallest absolute Gasteiger partial charge is 0.267 e. The molecule has 0 amide bonds. The predicted molar refractivity (Wildman–Crippen MR) is 93.6 cm³/mol. The number of rotatable bonds is 3. The molecule has 0 saturated heterocycles. The summed E-state index contributed by atoms with van der Waals surface area (Å²) in [4.78, 5) is 12.2. The molecule has 0 aromatic carbocycles. The van der Waals surface area contributed by atoms with Gasteiger partial charge in [0.2, 0.25) is 0 Å². The minimum absolute atomic E-state index is 0.0137. The first-order chi connectivity index (χ1) is 12.3. The average Bonchev–Trinajstić information content (AvgIpc) is 2.97. The fraction of sp³-hybridized carbons (Fsp3) is 0.857. The first kappa shape index (κ1) is 18.5. The number of ketones is 1. The largest absolute Gasteiger partial charge is 0.389 e. The summed E-state index contributed by atoms with van der Waals surface area (Å²) in [6, 6.07) is 0. The van der Waals surface area contributed by atoms with E-state index in [0.29, 0.717) is 30.1 Å². The number of alkyl halides is 2. The summed E-state index contributed by atoms with van der Waals surface area (Å²) in [7, 11) is 0. The lowest BCUT2D eigenvalue weighted by Crippen LogP contribution is -2.50. The van der Waals surface area contributed by atoms with E-state index in [-0.39, 0.29) is 36.6 Å². The highest BCUT2D eigenvalue weighted by Gasteiger charge is 2.58. The van der Waals surface area contributed by atoms with Crippen LogP contribution in [-0.2, 0) is 4.79 Å². The SMILES string of the molecule is C[C@]12CC[C@@H]3C4CC[C@](O)(C(F)F)CC4=CCC3[C@@H]1CC[C@@H]2C(=O)CO. The Morgan fingerprint density at radius 1 is 1.23 bits per heavy atom. The van der Waals surface area contributed by atoms with E-state index in [0.717, 1.165) is 37.7 Å². The third-order valence-electron chi connectivity index (χ3n) is 8.49. The average molecular weight is 368 g/mol. The van der Waals surface area contributed by atoms with Crippen LogP contribution in [0.25, 0.3) is 0 Å². The van der Waals surface area contributed by atoms with Gasteiger partial charge in [0, 0.05) is 12.3 Å². The molecule has 0 bridgehead atoms. The molecule has 0 aromatic rings. The quantitative estimate of drug-likeness (QED) is 0.746. The maximum atomic E-state index is 13.2. The van der Waals surface area contributed by atoms with Crippen LogP contribution >= 0.6 is 0 Å². The Kier molecular flexibility index (Phi) is 4.54. The molecule has 7 atom stereocenters. The summed E-state index contributed by atoms with van der Waals surface area (Å²) < 4.78 is 26.5. The van der Waals surface area contributed by atoms with Crippen molar-refractivity contribution in [1.29, 1.82) is 0 Å². The Balaban J connectivity index is 1.57. The van der Waals surface area contributed by atoms with Crippen molar-refractivity contribution in [3.8, 4) is 0 Å². The molecule has 3 saturated carbocycles. The van der Waals surface area contributed by atoms with Crippen molar-refractivity contribution in [3.63, 3.8) is 0 Å². The number of aliphatic hydroxyl groups is 2. The molecule has 4 aliphatic carbocycles. The summed E-state index contributed by atoms with van der Waals surface area (Å²) in [5.74, 6) is 1.77. The van der Waals surface area contributed by atoms with E-state index in [1.165, 1.54) is 0 Å². The number of aliphatic hydroxyl groups excluding tert-OH is 1. The van der Waals surface area contributed by atoms with E-state index in [1.807, 2.05) is 0 Å². The fourth-order valence-electron chi connectivity index (χ4n) is 7.14. The molecule has 3 nitrogen and oxygen atoms in total. The molecule has 3 fully saturated rings. The number of Topliss-reactive ketones (excluding diaryl/α,β-unsaturated/α-hetero) is 1. The maximum Gasteiger partial charge on any atom is 0.267 e. The van der Waals surface area contributed by atoms with Gasteiger partial charge in [-0.15, -0.1) is 0 Å². The van der Waals surface area contributed by atoms with Gasteiger partial charge in [-0.3, -0.25) is 4.79 Å². The molecule has 146 valence electrons. The molecule has 0 spiro atoms. The van der Waals surface area contributed by atoms with Crippen LogP contribution in [0.5, 0.6) is 0 Å². The topological polar surface area (TPSA) is 57.5 Å². The van der Waals surface area contributed by atoms with E-state index in [4.69, 9.17) is 0 Å². The van der Waals surface area contributed by atoms with E-state index >= 15 is 0 Å². The summed E-state index contributed by atoms with van der Waals surface area (Å²) in [5, 5.41) is 19.6. The molecular formula is C21H30F2O3. The van der Waals surface area contributed by atoms with Gasteiger partial charge in [-0.1, -0.05) is 18.6 Å². The number of hydrogen-bond acceptors (Lipinski definition) is 3. The van der Waals surface area contributed by atoms with Crippen LogP contribution in [0.4, 0.5) is 8.78 Å². The molecule has 0 aromatic heterocycles. The minimum atomic E-state index is -2.68. The second-order valence-electron chi connectivity index (χ2n) is 9.47. The van der Waals surface area contributed by atoms with Gasteiger partial charge >= 0.3 is 0 Å². The Bertz CT molecular complexity index is 618. The van der Waals surface area contributed by atoms with Gasteiger partial charge in [0.25, 0.3) is 6.43 Å². The summed E-state index contributed by atoms with van der Waals surface area (Å²) >= 11 is 0. The van der Waals surface area contributed by atoms with Crippen LogP contribution < -0.4 is 0 Å². The lowest BCUT2D eigenvalue weighted by atomic mass is 9.51. The normalized spacial score (nSPS) is 47.8. The lowest BCUT2D eigenvalue weighted by Gasteiger charge is -2.54. The van der Waals surface area contributed by atoms with Crippen LogP contribution in [0.1, 0.15) is 58.3 Å². The monoisotopic (exact) mass is 368 g/mol. The predicted octanol–water partition coefficient (Wildman–Crippen LogP) is 3.73. The van der Waals surface area contributed by atoms with E-state index in [2.05, 4.69) is 13.0 Å². The van der Waals surface area contributed by atoms with E-state index < -0.39 is 12.0 Å². The van der Waals surface area contributed by atoms with E-state index in [1.54, 1.807) is 0 Å². The fourth-order valence-corrected chi connectivity index (χ4v) is 7.14. The summed E-state index contributed by atoms with van der Waals surface area (Å²) in [6.07, 6.45) is 5.20. The van der Waals surface area contributed by atoms with Gasteiger partial charge in [-0.25, -0.2) is 8.78 Å². The van der Waals surface area contributed by atoms with Crippen molar-refractivity contribution in [2.45, 2.75) is 70.3 Å². The van der Waals surface area contributed by atoms with Crippen molar-refractivity contribution >= 4 is 5.78 Å². The molecule has 0 radical (unpaired) electrons. The zero-order valence-corrected chi connectivity index (χ0v) is 15.5. The van der Waals surface area contributed by atoms with Gasteiger partial charge in [0.15, 0.2) is 5.78 Å². The lowest BCUT2D eigenvalue weighted by molar-refractivity contribution is -0.133. The first-order valence-electron chi connectivity index (χ1n) is 10.1. The number of carbonyl (C=O) groups excluding carboxylic acids is 1. The van der Waals surface area contributed by atoms with Gasteiger partial charge in [-0.05, 0) is 74.0 Å². The Labute approximate surface area is 153 Å². The molecule has 2 N–H and O–H groups in total. The second-order valence-corrected chi connectivity index (χ2v) is 9.47. The van der Waals surface area contributed by atoms with E-state index in [9.17, 15) is 23.8 Å². The highest BCUT2D eigenvalue weighted by molar-refractivity contribution is 5.83. The molecule has 0 heterocycles. The van der Waals surface area contributed by atoms with Crippen molar-refractivity contribution in [1.82, 2.24) is 0 Å². The highest BCUT2D eigenvalue weighted by Crippen LogP contribution is 2.63. The van der Waals surface area contributed by atoms with Crippen LogP contribution in [0.15, 0.2) is 11.6 Å². The van der Waals surface area contributed by atoms with Crippen molar-refractivity contribution in [2.75, 3.05) is 6.61 Å². The summed E-state index contributed by atoms with van der Waals surface area (Å²) in [5.41, 5.74) is -0.820. The standard InChI is InChI=1S/C21H30F2O3/c1-20-8-6-14-13-7-9-21(26,19(22)23)10-12(13)2-3-15(14)16(20)4-5-17(20)18(25)11-24/h2,13-17,19,24,26H,3-11H2,1H3/t13?,14-,15?,16+,17-,20+,21-/m1/s1. The third-order valence-corrected chi connectivity index (χ3v) is 8.49.